The second kappa shape index (κ2) is 11.8. The van der Waals surface area contributed by atoms with Crippen molar-refractivity contribution in [2.75, 3.05) is 46.3 Å². The highest BCUT2D eigenvalue weighted by molar-refractivity contribution is 7.89. The second-order valence-electron chi connectivity index (χ2n) is 8.77. The summed E-state index contributed by atoms with van der Waals surface area (Å²) in [7, 11) is -1.57. The molecule has 2 saturated heterocycles. The lowest BCUT2D eigenvalue weighted by Gasteiger charge is -2.33. The molecule has 2 aliphatic heterocycles. The standard InChI is InChI=1S/C23H39N5O2S/c1-20-9-6-7-15-27(20)16-8-14-25-23(24-2)26-19-21-12-17-28(18-13-21)31(29,30)22-10-4-3-5-11-22/h3-5,10-11,20-21H,6-9,12-19H2,1-2H3,(H2,24,25,26). The highest BCUT2D eigenvalue weighted by Crippen LogP contribution is 2.23. The summed E-state index contributed by atoms with van der Waals surface area (Å²) in [5.41, 5.74) is 0. The van der Waals surface area contributed by atoms with Crippen LogP contribution in [0.4, 0.5) is 0 Å². The van der Waals surface area contributed by atoms with Gasteiger partial charge in [-0.1, -0.05) is 24.6 Å². The maximum atomic E-state index is 12.8. The molecule has 3 rings (SSSR count). The zero-order chi connectivity index (χ0) is 22.1. The summed E-state index contributed by atoms with van der Waals surface area (Å²) in [5, 5.41) is 6.85. The van der Waals surface area contributed by atoms with E-state index in [9.17, 15) is 8.42 Å². The van der Waals surface area contributed by atoms with E-state index in [-0.39, 0.29) is 0 Å². The van der Waals surface area contributed by atoms with Gasteiger partial charge in [-0.3, -0.25) is 4.99 Å². The summed E-state index contributed by atoms with van der Waals surface area (Å²) in [6.45, 7) is 7.59. The number of hydrogen-bond donors (Lipinski definition) is 2. The van der Waals surface area contributed by atoms with Crippen LogP contribution in [-0.2, 0) is 10.0 Å². The van der Waals surface area contributed by atoms with E-state index in [0.29, 0.717) is 29.9 Å². The lowest BCUT2D eigenvalue weighted by Crippen LogP contribution is -2.45. The Balaban J connectivity index is 1.34. The fourth-order valence-electron chi connectivity index (χ4n) is 4.54. The third-order valence-electron chi connectivity index (χ3n) is 6.59. The number of nitrogens with one attached hydrogen (secondary N) is 2. The maximum absolute atomic E-state index is 12.8. The van der Waals surface area contributed by atoms with Crippen LogP contribution in [0.1, 0.15) is 45.4 Å². The lowest BCUT2D eigenvalue weighted by atomic mass is 9.98. The van der Waals surface area contributed by atoms with Gasteiger partial charge >= 0.3 is 0 Å². The van der Waals surface area contributed by atoms with Crippen LogP contribution < -0.4 is 10.6 Å². The zero-order valence-corrected chi connectivity index (χ0v) is 19.9. The molecular weight excluding hydrogens is 410 g/mol. The first-order valence-corrected chi connectivity index (χ1v) is 13.2. The quantitative estimate of drug-likeness (QED) is 0.362. The average Bonchev–Trinajstić information content (AvgIpc) is 2.80. The predicted molar refractivity (Wildman–Crippen MR) is 127 cm³/mol. The van der Waals surface area contributed by atoms with E-state index in [1.54, 1.807) is 35.6 Å². The van der Waals surface area contributed by atoms with Crippen LogP contribution in [-0.4, -0.2) is 75.9 Å². The van der Waals surface area contributed by atoms with Crippen LogP contribution in [0.25, 0.3) is 0 Å². The third kappa shape index (κ3) is 6.92. The Kier molecular flexibility index (Phi) is 9.16. The lowest BCUT2D eigenvalue weighted by molar-refractivity contribution is 0.159. The number of nitrogens with zero attached hydrogens (tertiary/aromatic N) is 3. The van der Waals surface area contributed by atoms with Crippen molar-refractivity contribution < 1.29 is 8.42 Å². The molecule has 1 aromatic rings. The maximum Gasteiger partial charge on any atom is 0.243 e. The predicted octanol–water partition coefficient (Wildman–Crippen LogP) is 2.52. The summed E-state index contributed by atoms with van der Waals surface area (Å²) in [5.74, 6) is 1.29. The molecule has 0 amide bonds. The molecule has 7 nitrogen and oxygen atoms in total. The Hall–Kier alpha value is -1.64. The minimum Gasteiger partial charge on any atom is -0.356 e. The largest absolute Gasteiger partial charge is 0.356 e. The number of aliphatic imine (C=N–C) groups is 1. The normalized spacial score (nSPS) is 22.4. The SMILES string of the molecule is CN=C(NCCCN1CCCCC1C)NCC1CCN(S(=O)(=O)c2ccccc2)CC1. The van der Waals surface area contributed by atoms with Gasteiger partial charge in [0.15, 0.2) is 5.96 Å². The number of likely N-dealkylation sites (tertiary alicyclic amines) is 1. The number of guanidine groups is 1. The Morgan fingerprint density at radius 1 is 1.06 bits per heavy atom. The molecule has 2 N–H and O–H groups in total. The van der Waals surface area contributed by atoms with Crippen LogP contribution in [0, 0.1) is 5.92 Å². The van der Waals surface area contributed by atoms with Crippen LogP contribution >= 0.6 is 0 Å². The molecule has 31 heavy (non-hydrogen) atoms. The summed E-state index contributed by atoms with van der Waals surface area (Å²) in [6.07, 6.45) is 6.85. The molecule has 0 bridgehead atoms. The van der Waals surface area contributed by atoms with E-state index < -0.39 is 10.0 Å². The van der Waals surface area contributed by atoms with Crippen molar-refractivity contribution in [3.63, 3.8) is 0 Å². The average molecular weight is 450 g/mol. The van der Waals surface area contributed by atoms with Crippen molar-refractivity contribution in [2.45, 2.75) is 56.4 Å². The van der Waals surface area contributed by atoms with Crippen LogP contribution in [0.5, 0.6) is 0 Å². The molecule has 1 atom stereocenters. The van der Waals surface area contributed by atoms with Gasteiger partial charge in [-0.25, -0.2) is 8.42 Å². The van der Waals surface area contributed by atoms with Gasteiger partial charge in [0.2, 0.25) is 10.0 Å². The van der Waals surface area contributed by atoms with E-state index in [2.05, 4.69) is 27.4 Å². The molecule has 2 heterocycles. The van der Waals surface area contributed by atoms with Crippen molar-refractivity contribution in [3.8, 4) is 0 Å². The van der Waals surface area contributed by atoms with E-state index >= 15 is 0 Å². The van der Waals surface area contributed by atoms with Gasteiger partial charge < -0.3 is 15.5 Å². The molecule has 1 unspecified atom stereocenters. The number of benzene rings is 1. The number of hydrogen-bond acceptors (Lipinski definition) is 4. The molecule has 2 fully saturated rings. The zero-order valence-electron chi connectivity index (χ0n) is 19.1. The van der Waals surface area contributed by atoms with Crippen molar-refractivity contribution in [3.05, 3.63) is 30.3 Å². The molecule has 174 valence electrons. The Morgan fingerprint density at radius 2 is 1.81 bits per heavy atom. The highest BCUT2D eigenvalue weighted by Gasteiger charge is 2.29. The van der Waals surface area contributed by atoms with Crippen molar-refractivity contribution in [2.24, 2.45) is 10.9 Å². The first-order valence-electron chi connectivity index (χ1n) is 11.7. The summed E-state index contributed by atoms with van der Waals surface area (Å²) in [6, 6.07) is 9.44. The Morgan fingerprint density at radius 3 is 2.48 bits per heavy atom. The monoisotopic (exact) mass is 449 g/mol. The topological polar surface area (TPSA) is 77.0 Å². The smallest absolute Gasteiger partial charge is 0.243 e. The van der Waals surface area contributed by atoms with Crippen LogP contribution in [0.3, 0.4) is 0 Å². The molecular formula is C23H39N5O2S. The minimum absolute atomic E-state index is 0.384. The second-order valence-corrected chi connectivity index (χ2v) is 10.7. The summed E-state index contributed by atoms with van der Waals surface area (Å²) < 4.78 is 27.1. The fourth-order valence-corrected chi connectivity index (χ4v) is 6.03. The Labute approximate surface area is 188 Å². The molecule has 0 saturated carbocycles. The van der Waals surface area contributed by atoms with Crippen LogP contribution in [0.15, 0.2) is 40.2 Å². The molecule has 1 aromatic carbocycles. The Bertz CT molecular complexity index is 791. The first kappa shape index (κ1) is 24.0. The number of piperidine rings is 2. The number of rotatable bonds is 8. The highest BCUT2D eigenvalue weighted by atomic mass is 32.2. The van der Waals surface area contributed by atoms with Gasteiger partial charge in [-0.05, 0) is 63.6 Å². The molecule has 2 aliphatic rings. The van der Waals surface area contributed by atoms with Gasteiger partial charge in [-0.15, -0.1) is 0 Å². The first-order chi connectivity index (χ1) is 15.0. The summed E-state index contributed by atoms with van der Waals surface area (Å²) in [4.78, 5) is 7.32. The van der Waals surface area contributed by atoms with Gasteiger partial charge in [0.1, 0.15) is 0 Å². The molecule has 0 aliphatic carbocycles. The van der Waals surface area contributed by atoms with E-state index in [4.69, 9.17) is 0 Å². The number of sulfonamides is 1. The van der Waals surface area contributed by atoms with Crippen LogP contribution in [0.2, 0.25) is 0 Å². The third-order valence-corrected chi connectivity index (χ3v) is 8.50. The van der Waals surface area contributed by atoms with Crippen molar-refractivity contribution in [1.82, 2.24) is 19.8 Å². The van der Waals surface area contributed by atoms with Crippen molar-refractivity contribution >= 4 is 16.0 Å². The van der Waals surface area contributed by atoms with Gasteiger partial charge in [0, 0.05) is 45.8 Å². The van der Waals surface area contributed by atoms with Crippen molar-refractivity contribution in [1.29, 1.82) is 0 Å². The molecule has 0 spiro atoms. The molecule has 8 heteroatoms. The minimum atomic E-state index is -3.38. The van der Waals surface area contributed by atoms with E-state index in [1.165, 1.54) is 25.8 Å². The summed E-state index contributed by atoms with van der Waals surface area (Å²) >= 11 is 0. The molecule has 0 aromatic heterocycles. The van der Waals surface area contributed by atoms with Gasteiger partial charge in [-0.2, -0.15) is 4.31 Å². The van der Waals surface area contributed by atoms with E-state index in [0.717, 1.165) is 44.9 Å². The van der Waals surface area contributed by atoms with Gasteiger partial charge in [0.25, 0.3) is 0 Å². The van der Waals surface area contributed by atoms with Gasteiger partial charge in [0.05, 0.1) is 4.90 Å². The van der Waals surface area contributed by atoms with E-state index in [1.807, 2.05) is 6.07 Å². The molecule has 0 radical (unpaired) electrons. The fraction of sp³-hybridized carbons (Fsp3) is 0.696.